The van der Waals surface area contributed by atoms with Crippen molar-refractivity contribution >= 4 is 23.3 Å². The van der Waals surface area contributed by atoms with E-state index >= 15 is 0 Å². The number of nitrogens with one attached hydrogen (secondary N) is 1. The van der Waals surface area contributed by atoms with E-state index in [4.69, 9.17) is 9.47 Å². The smallest absolute Gasteiger partial charge is 0.230 e. The number of carbonyl (C=O) groups excluding carboxylic acids is 2. The van der Waals surface area contributed by atoms with Gasteiger partial charge in [-0.15, -0.1) is 0 Å². The minimum atomic E-state index is -0.433. The third-order valence-electron chi connectivity index (χ3n) is 4.43. The highest BCUT2D eigenvalue weighted by Crippen LogP contribution is 2.34. The minimum absolute atomic E-state index is 0.102. The molecular weight excluding hydrogens is 334 g/mol. The number of carbonyl (C=O) groups is 2. The average Bonchev–Trinajstić information content (AvgIpc) is 3.05. The van der Waals surface area contributed by atoms with Crippen molar-refractivity contribution in [2.45, 2.75) is 13.3 Å². The predicted octanol–water partition coefficient (Wildman–Crippen LogP) is 2.40. The molecule has 1 aromatic heterocycles. The topological polar surface area (TPSA) is 80.8 Å². The summed E-state index contributed by atoms with van der Waals surface area (Å²) in [4.78, 5) is 30.7. The molecule has 1 fully saturated rings. The summed E-state index contributed by atoms with van der Waals surface area (Å²) in [5.41, 5.74) is 1.55. The van der Waals surface area contributed by atoms with Crippen LogP contribution in [-0.2, 0) is 9.59 Å². The number of ether oxygens (including phenoxy) is 2. The molecule has 3 rings (SSSR count). The standard InChI is InChI=1S/C19H21N3O4/c1-12-5-4-8-20-18(12)21-19(24)13-9-17(23)22(11-13)14-6-7-15(25-2)16(10-14)26-3/h4-8,10,13H,9,11H2,1-3H3,(H,20,21,24). The van der Waals surface area contributed by atoms with Crippen molar-refractivity contribution in [3.05, 3.63) is 42.1 Å². The summed E-state index contributed by atoms with van der Waals surface area (Å²) in [7, 11) is 3.09. The normalized spacial score (nSPS) is 16.5. The van der Waals surface area contributed by atoms with Crippen LogP contribution in [0.25, 0.3) is 0 Å². The molecule has 1 saturated heterocycles. The lowest BCUT2D eigenvalue weighted by Gasteiger charge is -2.18. The highest BCUT2D eigenvalue weighted by Gasteiger charge is 2.35. The van der Waals surface area contributed by atoms with E-state index in [9.17, 15) is 9.59 Å². The molecule has 1 aromatic carbocycles. The maximum Gasteiger partial charge on any atom is 0.230 e. The van der Waals surface area contributed by atoms with Gasteiger partial charge in [0, 0.05) is 30.9 Å². The summed E-state index contributed by atoms with van der Waals surface area (Å²) < 4.78 is 10.5. The Kier molecular flexibility index (Phi) is 5.06. The summed E-state index contributed by atoms with van der Waals surface area (Å²) in [6.45, 7) is 2.18. The van der Waals surface area contributed by atoms with Crippen molar-refractivity contribution in [3.63, 3.8) is 0 Å². The van der Waals surface area contributed by atoms with Gasteiger partial charge in [-0.2, -0.15) is 0 Å². The van der Waals surface area contributed by atoms with Crippen molar-refractivity contribution in [2.75, 3.05) is 31.0 Å². The fourth-order valence-corrected chi connectivity index (χ4v) is 2.96. The summed E-state index contributed by atoms with van der Waals surface area (Å²) in [5, 5.41) is 2.81. The molecule has 7 nitrogen and oxygen atoms in total. The van der Waals surface area contributed by atoms with Crippen LogP contribution in [0, 0.1) is 12.8 Å². The minimum Gasteiger partial charge on any atom is -0.493 e. The first-order chi connectivity index (χ1) is 12.5. The zero-order valence-corrected chi connectivity index (χ0v) is 15.0. The second-order valence-electron chi connectivity index (χ2n) is 6.10. The molecule has 1 N–H and O–H groups in total. The quantitative estimate of drug-likeness (QED) is 0.891. The molecule has 0 saturated carbocycles. The zero-order valence-electron chi connectivity index (χ0n) is 15.0. The van der Waals surface area contributed by atoms with Crippen LogP contribution >= 0.6 is 0 Å². The Labute approximate surface area is 151 Å². The molecule has 0 bridgehead atoms. The number of amides is 2. The molecule has 0 radical (unpaired) electrons. The van der Waals surface area contributed by atoms with E-state index in [-0.39, 0.29) is 18.2 Å². The number of aromatic nitrogens is 1. The zero-order chi connectivity index (χ0) is 18.7. The van der Waals surface area contributed by atoms with Crippen LogP contribution in [0.15, 0.2) is 36.5 Å². The van der Waals surface area contributed by atoms with Crippen molar-refractivity contribution in [2.24, 2.45) is 5.92 Å². The summed E-state index contributed by atoms with van der Waals surface area (Å²) in [5.74, 6) is 0.905. The molecule has 2 heterocycles. The number of benzene rings is 1. The first-order valence-electron chi connectivity index (χ1n) is 8.28. The van der Waals surface area contributed by atoms with E-state index in [2.05, 4.69) is 10.3 Å². The SMILES string of the molecule is COc1ccc(N2CC(C(=O)Nc3ncccc3C)CC2=O)cc1OC. The van der Waals surface area contributed by atoms with Crippen LogP contribution in [-0.4, -0.2) is 37.6 Å². The molecule has 136 valence electrons. The Morgan fingerprint density at radius 1 is 1.23 bits per heavy atom. The van der Waals surface area contributed by atoms with E-state index in [1.165, 1.54) is 0 Å². The Morgan fingerprint density at radius 2 is 2.00 bits per heavy atom. The number of pyridine rings is 1. The molecule has 1 aliphatic heterocycles. The largest absolute Gasteiger partial charge is 0.493 e. The molecule has 1 aliphatic rings. The van der Waals surface area contributed by atoms with Crippen LogP contribution < -0.4 is 19.7 Å². The lowest BCUT2D eigenvalue weighted by atomic mass is 10.1. The van der Waals surface area contributed by atoms with E-state index in [0.29, 0.717) is 29.5 Å². The maximum atomic E-state index is 12.5. The Hall–Kier alpha value is -3.09. The van der Waals surface area contributed by atoms with Gasteiger partial charge in [-0.3, -0.25) is 9.59 Å². The van der Waals surface area contributed by atoms with E-state index in [0.717, 1.165) is 5.56 Å². The molecule has 26 heavy (non-hydrogen) atoms. The van der Waals surface area contributed by atoms with Crippen molar-refractivity contribution in [3.8, 4) is 11.5 Å². The molecule has 2 amide bonds. The maximum absolute atomic E-state index is 12.5. The van der Waals surface area contributed by atoms with Gasteiger partial charge < -0.3 is 19.7 Å². The van der Waals surface area contributed by atoms with Crippen LogP contribution in [0.3, 0.4) is 0 Å². The average molecular weight is 355 g/mol. The van der Waals surface area contributed by atoms with Crippen LogP contribution in [0.1, 0.15) is 12.0 Å². The summed E-state index contributed by atoms with van der Waals surface area (Å²) >= 11 is 0. The van der Waals surface area contributed by atoms with Gasteiger partial charge >= 0.3 is 0 Å². The van der Waals surface area contributed by atoms with Crippen LogP contribution in [0.2, 0.25) is 0 Å². The second-order valence-corrected chi connectivity index (χ2v) is 6.10. The lowest BCUT2D eigenvalue weighted by Crippen LogP contribution is -2.28. The molecule has 1 atom stereocenters. The Morgan fingerprint density at radius 3 is 2.69 bits per heavy atom. The van der Waals surface area contributed by atoms with Gasteiger partial charge in [-0.1, -0.05) is 6.07 Å². The third-order valence-corrected chi connectivity index (χ3v) is 4.43. The van der Waals surface area contributed by atoms with Gasteiger partial charge in [0.1, 0.15) is 5.82 Å². The van der Waals surface area contributed by atoms with Gasteiger partial charge in [-0.25, -0.2) is 4.98 Å². The van der Waals surface area contributed by atoms with Gasteiger partial charge in [0.2, 0.25) is 11.8 Å². The number of anilines is 2. The highest BCUT2D eigenvalue weighted by atomic mass is 16.5. The highest BCUT2D eigenvalue weighted by molar-refractivity contribution is 6.03. The van der Waals surface area contributed by atoms with Crippen molar-refractivity contribution in [1.29, 1.82) is 0 Å². The molecule has 0 spiro atoms. The van der Waals surface area contributed by atoms with E-state index in [1.54, 1.807) is 43.5 Å². The van der Waals surface area contributed by atoms with Gasteiger partial charge in [0.05, 0.1) is 20.1 Å². The first-order valence-corrected chi connectivity index (χ1v) is 8.28. The number of nitrogens with zero attached hydrogens (tertiary/aromatic N) is 2. The monoisotopic (exact) mass is 355 g/mol. The lowest BCUT2D eigenvalue weighted by molar-refractivity contribution is -0.122. The van der Waals surface area contributed by atoms with Crippen LogP contribution in [0.5, 0.6) is 11.5 Å². The Bertz CT molecular complexity index is 837. The second kappa shape index (κ2) is 7.43. The van der Waals surface area contributed by atoms with Crippen molar-refractivity contribution in [1.82, 2.24) is 4.98 Å². The fraction of sp³-hybridized carbons (Fsp3) is 0.316. The van der Waals surface area contributed by atoms with Gasteiger partial charge in [-0.05, 0) is 30.7 Å². The number of hydrogen-bond acceptors (Lipinski definition) is 5. The number of rotatable bonds is 5. The summed E-state index contributed by atoms with van der Waals surface area (Å²) in [6, 6.07) is 8.94. The molecule has 2 aromatic rings. The van der Waals surface area contributed by atoms with Gasteiger partial charge in [0.15, 0.2) is 11.5 Å². The Balaban J connectivity index is 1.74. The van der Waals surface area contributed by atoms with Crippen molar-refractivity contribution < 1.29 is 19.1 Å². The molecule has 0 aliphatic carbocycles. The van der Waals surface area contributed by atoms with Crippen LogP contribution in [0.4, 0.5) is 11.5 Å². The molecule has 7 heteroatoms. The number of aryl methyl sites for hydroxylation is 1. The third kappa shape index (κ3) is 3.46. The van der Waals surface area contributed by atoms with Gasteiger partial charge in [0.25, 0.3) is 0 Å². The number of methoxy groups -OCH3 is 2. The summed E-state index contributed by atoms with van der Waals surface area (Å²) in [6.07, 6.45) is 1.78. The van der Waals surface area contributed by atoms with E-state index < -0.39 is 5.92 Å². The molecular formula is C19H21N3O4. The first kappa shape index (κ1) is 17.7. The van der Waals surface area contributed by atoms with E-state index in [1.807, 2.05) is 19.1 Å². The molecule has 1 unspecified atom stereocenters. The number of hydrogen-bond donors (Lipinski definition) is 1. The predicted molar refractivity (Wildman–Crippen MR) is 97.6 cm³/mol. The fourth-order valence-electron chi connectivity index (χ4n) is 2.96.